The lowest BCUT2D eigenvalue weighted by Gasteiger charge is -2.18. The fourth-order valence-corrected chi connectivity index (χ4v) is 3.18. The van der Waals surface area contributed by atoms with Crippen molar-refractivity contribution in [1.29, 1.82) is 0 Å². The van der Waals surface area contributed by atoms with Crippen molar-refractivity contribution in [3.8, 4) is 0 Å². The van der Waals surface area contributed by atoms with Crippen LogP contribution in [0.3, 0.4) is 0 Å². The minimum atomic E-state index is -0.504. The van der Waals surface area contributed by atoms with E-state index in [4.69, 9.17) is 11.6 Å². The van der Waals surface area contributed by atoms with Gasteiger partial charge in [-0.25, -0.2) is 9.99 Å². The molecule has 1 N–H and O–H groups in total. The van der Waals surface area contributed by atoms with Crippen LogP contribution in [0.25, 0.3) is 0 Å². The molecule has 1 aliphatic heterocycles. The predicted octanol–water partition coefficient (Wildman–Crippen LogP) is 2.10. The summed E-state index contributed by atoms with van der Waals surface area (Å²) < 4.78 is 0. The molecule has 0 aromatic carbocycles. The van der Waals surface area contributed by atoms with Gasteiger partial charge in [-0.05, 0) is 36.3 Å². The van der Waals surface area contributed by atoms with Gasteiger partial charge >= 0.3 is 5.69 Å². The van der Waals surface area contributed by atoms with Crippen molar-refractivity contribution in [3.05, 3.63) is 21.6 Å². The standard InChI is InChI=1S/C11H14ClN5O2/c12-11-13-4-9(17(18)19)10(14-11)15-16-5-7-2-1-3-8(7)6-16/h4,7-8H,1-3,5-6H2,(H,13,14,15). The molecular weight excluding hydrogens is 270 g/mol. The number of hydrogen-bond acceptors (Lipinski definition) is 6. The van der Waals surface area contributed by atoms with Gasteiger partial charge in [0, 0.05) is 13.1 Å². The molecular formula is C11H14ClN5O2. The maximum atomic E-state index is 10.9. The molecule has 19 heavy (non-hydrogen) atoms. The van der Waals surface area contributed by atoms with Crippen molar-refractivity contribution in [2.24, 2.45) is 11.8 Å². The first-order chi connectivity index (χ1) is 9.13. The van der Waals surface area contributed by atoms with Crippen LogP contribution in [0.15, 0.2) is 6.20 Å². The molecule has 1 saturated heterocycles. The van der Waals surface area contributed by atoms with Gasteiger partial charge in [0.2, 0.25) is 11.1 Å². The number of aromatic nitrogens is 2. The molecule has 2 unspecified atom stereocenters. The smallest absolute Gasteiger partial charge is 0.297 e. The van der Waals surface area contributed by atoms with Crippen molar-refractivity contribution in [2.45, 2.75) is 19.3 Å². The molecule has 1 aromatic heterocycles. The fourth-order valence-electron chi connectivity index (χ4n) is 3.05. The number of hydrazine groups is 1. The Hall–Kier alpha value is -1.47. The second-order valence-electron chi connectivity index (χ2n) is 5.10. The third-order valence-electron chi connectivity index (χ3n) is 3.93. The SMILES string of the molecule is O=[N+]([O-])c1cnc(Cl)nc1NN1CC2CCCC2C1. The van der Waals surface area contributed by atoms with E-state index in [0.29, 0.717) is 11.8 Å². The zero-order valence-electron chi connectivity index (χ0n) is 10.3. The summed E-state index contributed by atoms with van der Waals surface area (Å²) in [6.07, 6.45) is 4.92. The molecule has 1 aromatic rings. The van der Waals surface area contributed by atoms with Gasteiger partial charge in [0.05, 0.1) is 4.92 Å². The number of rotatable bonds is 3. The first-order valence-corrected chi connectivity index (χ1v) is 6.70. The zero-order chi connectivity index (χ0) is 13.4. The summed E-state index contributed by atoms with van der Waals surface area (Å²) in [6, 6.07) is 0. The van der Waals surface area contributed by atoms with Crippen molar-refractivity contribution in [1.82, 2.24) is 15.0 Å². The van der Waals surface area contributed by atoms with Crippen LogP contribution in [0.1, 0.15) is 19.3 Å². The molecule has 0 bridgehead atoms. The maximum Gasteiger partial charge on any atom is 0.330 e. The Morgan fingerprint density at radius 2 is 2.11 bits per heavy atom. The van der Waals surface area contributed by atoms with Crippen molar-refractivity contribution in [2.75, 3.05) is 18.5 Å². The lowest BCUT2D eigenvalue weighted by molar-refractivity contribution is -0.384. The van der Waals surface area contributed by atoms with Gasteiger partial charge in [-0.2, -0.15) is 4.98 Å². The number of hydrogen-bond donors (Lipinski definition) is 1. The lowest BCUT2D eigenvalue weighted by atomic mass is 10.0. The van der Waals surface area contributed by atoms with Gasteiger partial charge in [0.25, 0.3) is 0 Å². The molecule has 1 saturated carbocycles. The predicted molar refractivity (Wildman–Crippen MR) is 69.7 cm³/mol. The average Bonchev–Trinajstić information content (AvgIpc) is 2.89. The van der Waals surface area contributed by atoms with Crippen LogP contribution in [-0.2, 0) is 0 Å². The molecule has 2 fully saturated rings. The summed E-state index contributed by atoms with van der Waals surface area (Å²) >= 11 is 5.70. The Labute approximate surface area is 115 Å². The quantitative estimate of drug-likeness (QED) is 0.519. The van der Waals surface area contributed by atoms with Gasteiger partial charge in [-0.3, -0.25) is 15.5 Å². The molecule has 2 heterocycles. The van der Waals surface area contributed by atoms with Crippen LogP contribution in [0.4, 0.5) is 11.5 Å². The molecule has 2 atom stereocenters. The molecule has 7 nitrogen and oxygen atoms in total. The molecule has 102 valence electrons. The Balaban J connectivity index is 1.76. The van der Waals surface area contributed by atoms with Crippen LogP contribution in [0, 0.1) is 22.0 Å². The maximum absolute atomic E-state index is 10.9. The molecule has 8 heteroatoms. The van der Waals surface area contributed by atoms with E-state index in [1.165, 1.54) is 19.3 Å². The number of nitrogens with zero attached hydrogens (tertiary/aromatic N) is 4. The van der Waals surface area contributed by atoms with E-state index in [2.05, 4.69) is 15.4 Å². The molecule has 0 amide bonds. The van der Waals surface area contributed by atoms with Crippen LogP contribution in [0.5, 0.6) is 0 Å². The van der Waals surface area contributed by atoms with Crippen LogP contribution < -0.4 is 5.43 Å². The second-order valence-corrected chi connectivity index (χ2v) is 5.44. The highest BCUT2D eigenvalue weighted by Crippen LogP contribution is 2.38. The van der Waals surface area contributed by atoms with E-state index >= 15 is 0 Å². The van der Waals surface area contributed by atoms with Gasteiger partial charge < -0.3 is 0 Å². The van der Waals surface area contributed by atoms with E-state index < -0.39 is 4.92 Å². The van der Waals surface area contributed by atoms with Gasteiger partial charge in [0.15, 0.2) is 0 Å². The third-order valence-corrected chi connectivity index (χ3v) is 4.11. The van der Waals surface area contributed by atoms with Crippen LogP contribution >= 0.6 is 11.6 Å². The van der Waals surface area contributed by atoms with Crippen molar-refractivity contribution >= 4 is 23.1 Å². The first kappa shape index (κ1) is 12.6. The highest BCUT2D eigenvalue weighted by atomic mass is 35.5. The molecule has 2 aliphatic rings. The highest BCUT2D eigenvalue weighted by molar-refractivity contribution is 6.28. The number of nitro groups is 1. The summed E-state index contributed by atoms with van der Waals surface area (Å²) in [5, 5.41) is 12.9. The van der Waals surface area contributed by atoms with E-state index in [0.717, 1.165) is 19.3 Å². The average molecular weight is 284 g/mol. The van der Waals surface area contributed by atoms with Crippen molar-refractivity contribution < 1.29 is 4.92 Å². The Morgan fingerprint density at radius 1 is 1.42 bits per heavy atom. The highest BCUT2D eigenvalue weighted by Gasteiger charge is 2.36. The van der Waals surface area contributed by atoms with E-state index in [1.807, 2.05) is 5.01 Å². The Kier molecular flexibility index (Phi) is 3.24. The second kappa shape index (κ2) is 4.90. The van der Waals surface area contributed by atoms with E-state index in [9.17, 15) is 10.1 Å². The third kappa shape index (κ3) is 2.48. The monoisotopic (exact) mass is 283 g/mol. The fraction of sp³-hybridized carbons (Fsp3) is 0.636. The minimum absolute atomic E-state index is 0.00694. The van der Waals surface area contributed by atoms with Gasteiger partial charge in [-0.1, -0.05) is 6.42 Å². The lowest BCUT2D eigenvalue weighted by Crippen LogP contribution is -2.29. The summed E-state index contributed by atoms with van der Waals surface area (Å²) in [4.78, 5) is 18.0. The Morgan fingerprint density at radius 3 is 2.74 bits per heavy atom. The summed E-state index contributed by atoms with van der Waals surface area (Å²) in [5.41, 5.74) is 2.86. The number of fused-ring (bicyclic) bond motifs is 1. The largest absolute Gasteiger partial charge is 0.330 e. The van der Waals surface area contributed by atoms with E-state index in [1.54, 1.807) is 0 Å². The zero-order valence-corrected chi connectivity index (χ0v) is 11.0. The van der Waals surface area contributed by atoms with Gasteiger partial charge in [-0.15, -0.1) is 0 Å². The summed E-state index contributed by atoms with van der Waals surface area (Å²) in [6.45, 7) is 1.81. The molecule has 0 radical (unpaired) electrons. The normalized spacial score (nSPS) is 26.4. The number of nitrogens with one attached hydrogen (secondary N) is 1. The number of anilines is 1. The van der Waals surface area contributed by atoms with Gasteiger partial charge in [0.1, 0.15) is 6.20 Å². The number of halogens is 1. The summed E-state index contributed by atoms with van der Waals surface area (Å²) in [7, 11) is 0. The van der Waals surface area contributed by atoms with Crippen molar-refractivity contribution in [3.63, 3.8) is 0 Å². The van der Waals surface area contributed by atoms with E-state index in [-0.39, 0.29) is 16.8 Å². The summed E-state index contributed by atoms with van der Waals surface area (Å²) in [5.74, 6) is 1.57. The topological polar surface area (TPSA) is 84.2 Å². The minimum Gasteiger partial charge on any atom is -0.297 e. The Bertz CT molecular complexity index is 500. The first-order valence-electron chi connectivity index (χ1n) is 6.32. The molecule has 3 rings (SSSR count). The van der Waals surface area contributed by atoms with Crippen LogP contribution in [0.2, 0.25) is 5.28 Å². The molecule has 0 spiro atoms. The molecule has 1 aliphatic carbocycles. The van der Waals surface area contributed by atoms with Crippen LogP contribution in [-0.4, -0.2) is 33.0 Å².